The minimum atomic E-state index is -0.0878. The molecule has 1 aromatic heterocycles. The Hall–Kier alpha value is -1.17. The lowest BCUT2D eigenvalue weighted by atomic mass is 9.82. The summed E-state index contributed by atoms with van der Waals surface area (Å²) in [4.78, 5) is 11.3. The van der Waals surface area contributed by atoms with Crippen molar-refractivity contribution in [2.45, 2.75) is 31.6 Å². The first-order chi connectivity index (χ1) is 7.70. The van der Waals surface area contributed by atoms with Gasteiger partial charge in [-0.1, -0.05) is 11.3 Å². The molecule has 16 heavy (non-hydrogen) atoms. The van der Waals surface area contributed by atoms with Crippen LogP contribution in [0, 0.1) is 5.92 Å². The molecule has 1 aromatic rings. The van der Waals surface area contributed by atoms with Crippen molar-refractivity contribution in [3.8, 4) is 0 Å². The van der Waals surface area contributed by atoms with Gasteiger partial charge in [-0.3, -0.25) is 4.79 Å². The van der Waals surface area contributed by atoms with Gasteiger partial charge >= 0.3 is 5.97 Å². The second-order valence-corrected chi connectivity index (χ2v) is 5.09. The summed E-state index contributed by atoms with van der Waals surface area (Å²) < 4.78 is 4.75. The minimum absolute atomic E-state index is 0.0616. The van der Waals surface area contributed by atoms with Gasteiger partial charge < -0.3 is 10.5 Å². The summed E-state index contributed by atoms with van der Waals surface area (Å²) >= 11 is 1.45. The van der Waals surface area contributed by atoms with E-state index in [4.69, 9.17) is 10.5 Å². The van der Waals surface area contributed by atoms with Gasteiger partial charge in [-0.15, -0.1) is 10.2 Å². The number of anilines is 1. The van der Waals surface area contributed by atoms with E-state index in [1.807, 2.05) is 0 Å². The third-order valence-corrected chi connectivity index (χ3v) is 3.98. The quantitative estimate of drug-likeness (QED) is 0.795. The fourth-order valence-electron chi connectivity index (χ4n) is 2.15. The van der Waals surface area contributed by atoms with E-state index < -0.39 is 0 Å². The number of nitrogen functional groups attached to an aromatic ring is 1. The molecule has 0 saturated heterocycles. The van der Waals surface area contributed by atoms with Crippen LogP contribution in [0.1, 0.15) is 36.6 Å². The van der Waals surface area contributed by atoms with Gasteiger partial charge in [0, 0.05) is 5.92 Å². The van der Waals surface area contributed by atoms with Gasteiger partial charge in [0.15, 0.2) is 0 Å². The van der Waals surface area contributed by atoms with Gasteiger partial charge in [-0.25, -0.2) is 0 Å². The molecule has 2 N–H and O–H groups in total. The molecule has 5 nitrogen and oxygen atoms in total. The van der Waals surface area contributed by atoms with Crippen LogP contribution in [0.4, 0.5) is 5.13 Å². The van der Waals surface area contributed by atoms with E-state index in [1.54, 1.807) is 0 Å². The van der Waals surface area contributed by atoms with E-state index in [0.717, 1.165) is 30.7 Å². The molecule has 1 heterocycles. The predicted octanol–water partition coefficient (Wildman–Crippen LogP) is 1.57. The Morgan fingerprint density at radius 1 is 1.38 bits per heavy atom. The number of aromatic nitrogens is 2. The molecule has 0 unspecified atom stereocenters. The van der Waals surface area contributed by atoms with Crippen LogP contribution in [-0.4, -0.2) is 23.3 Å². The maximum Gasteiger partial charge on any atom is 0.308 e. The first-order valence-corrected chi connectivity index (χ1v) is 6.19. The summed E-state index contributed by atoms with van der Waals surface area (Å²) in [5, 5.41) is 9.39. The van der Waals surface area contributed by atoms with Gasteiger partial charge in [0.2, 0.25) is 5.13 Å². The highest BCUT2D eigenvalue weighted by molar-refractivity contribution is 7.15. The molecular weight excluding hydrogens is 226 g/mol. The Morgan fingerprint density at radius 2 is 2.06 bits per heavy atom. The molecule has 2 rings (SSSR count). The molecule has 0 radical (unpaired) electrons. The fourth-order valence-corrected chi connectivity index (χ4v) is 2.93. The average molecular weight is 241 g/mol. The summed E-state index contributed by atoms with van der Waals surface area (Å²) in [5.41, 5.74) is 5.55. The van der Waals surface area contributed by atoms with Crippen molar-refractivity contribution >= 4 is 22.4 Å². The molecular formula is C10H15N3O2S. The molecule has 1 saturated carbocycles. The highest BCUT2D eigenvalue weighted by Gasteiger charge is 2.29. The highest BCUT2D eigenvalue weighted by Crippen LogP contribution is 2.37. The third kappa shape index (κ3) is 2.32. The summed E-state index contributed by atoms with van der Waals surface area (Å²) in [6.45, 7) is 0. The Morgan fingerprint density at radius 3 is 2.56 bits per heavy atom. The van der Waals surface area contributed by atoms with E-state index in [-0.39, 0.29) is 11.9 Å². The van der Waals surface area contributed by atoms with Crippen LogP contribution in [0.2, 0.25) is 0 Å². The standard InChI is InChI=1S/C10H15N3O2S/c1-15-9(14)7-4-2-6(3-5-7)8-12-13-10(11)16-8/h6-7H,2-5H2,1H3,(H2,11,13). The van der Waals surface area contributed by atoms with Crippen molar-refractivity contribution < 1.29 is 9.53 Å². The second-order valence-electron chi connectivity index (χ2n) is 4.05. The SMILES string of the molecule is COC(=O)C1CCC(c2nnc(N)s2)CC1. The second kappa shape index (κ2) is 4.78. The zero-order valence-corrected chi connectivity index (χ0v) is 10.00. The van der Waals surface area contributed by atoms with Crippen LogP contribution < -0.4 is 5.73 Å². The van der Waals surface area contributed by atoms with Gasteiger partial charge in [0.05, 0.1) is 13.0 Å². The first-order valence-electron chi connectivity index (χ1n) is 5.37. The smallest absolute Gasteiger partial charge is 0.308 e. The number of hydrogen-bond acceptors (Lipinski definition) is 6. The maximum absolute atomic E-state index is 11.3. The molecule has 88 valence electrons. The predicted molar refractivity (Wildman–Crippen MR) is 61.0 cm³/mol. The molecule has 0 atom stereocenters. The molecule has 0 aliphatic heterocycles. The van der Waals surface area contributed by atoms with Crippen molar-refractivity contribution in [2.24, 2.45) is 5.92 Å². The van der Waals surface area contributed by atoms with E-state index in [9.17, 15) is 4.79 Å². The number of carbonyl (C=O) groups excluding carboxylic acids is 1. The lowest BCUT2D eigenvalue weighted by Crippen LogP contribution is -2.22. The van der Waals surface area contributed by atoms with E-state index in [2.05, 4.69) is 10.2 Å². The van der Waals surface area contributed by atoms with Gasteiger partial charge in [-0.05, 0) is 25.7 Å². The number of rotatable bonds is 2. The maximum atomic E-state index is 11.3. The van der Waals surface area contributed by atoms with Crippen molar-refractivity contribution in [1.82, 2.24) is 10.2 Å². The first kappa shape index (κ1) is 11.3. The Bertz CT molecular complexity index is 372. The molecule has 0 spiro atoms. The Balaban J connectivity index is 1.92. The number of nitrogens with zero attached hydrogens (tertiary/aromatic N) is 2. The zero-order valence-electron chi connectivity index (χ0n) is 9.18. The lowest BCUT2D eigenvalue weighted by Gasteiger charge is -2.24. The molecule has 6 heteroatoms. The normalized spacial score (nSPS) is 25.3. The number of methoxy groups -OCH3 is 1. The lowest BCUT2D eigenvalue weighted by molar-refractivity contribution is -0.146. The van der Waals surface area contributed by atoms with Crippen molar-refractivity contribution in [1.29, 1.82) is 0 Å². The topological polar surface area (TPSA) is 78.1 Å². The monoisotopic (exact) mass is 241 g/mol. The third-order valence-electron chi connectivity index (χ3n) is 3.07. The fraction of sp³-hybridized carbons (Fsp3) is 0.700. The van der Waals surface area contributed by atoms with E-state index in [0.29, 0.717) is 11.0 Å². The van der Waals surface area contributed by atoms with Crippen LogP contribution >= 0.6 is 11.3 Å². The van der Waals surface area contributed by atoms with E-state index >= 15 is 0 Å². The van der Waals surface area contributed by atoms with Crippen molar-refractivity contribution in [3.05, 3.63) is 5.01 Å². The molecule has 0 aromatic carbocycles. The average Bonchev–Trinajstić information content (AvgIpc) is 2.75. The van der Waals surface area contributed by atoms with Crippen LogP contribution in [0.15, 0.2) is 0 Å². The number of ether oxygens (including phenoxy) is 1. The summed E-state index contributed by atoms with van der Waals surface area (Å²) in [7, 11) is 1.44. The summed E-state index contributed by atoms with van der Waals surface area (Å²) in [5.74, 6) is 0.387. The van der Waals surface area contributed by atoms with Crippen LogP contribution in [0.3, 0.4) is 0 Å². The van der Waals surface area contributed by atoms with Gasteiger partial charge in [-0.2, -0.15) is 0 Å². The van der Waals surface area contributed by atoms with Crippen LogP contribution in [0.5, 0.6) is 0 Å². The summed E-state index contributed by atoms with van der Waals surface area (Å²) in [6, 6.07) is 0. The summed E-state index contributed by atoms with van der Waals surface area (Å²) in [6.07, 6.45) is 3.68. The van der Waals surface area contributed by atoms with E-state index in [1.165, 1.54) is 18.4 Å². The molecule has 1 fully saturated rings. The van der Waals surface area contributed by atoms with Gasteiger partial charge in [0.1, 0.15) is 5.01 Å². The number of carbonyl (C=O) groups is 1. The van der Waals surface area contributed by atoms with Crippen LogP contribution in [0.25, 0.3) is 0 Å². The van der Waals surface area contributed by atoms with Crippen LogP contribution in [-0.2, 0) is 9.53 Å². The number of nitrogens with two attached hydrogens (primary N) is 1. The molecule has 0 bridgehead atoms. The molecule has 0 amide bonds. The van der Waals surface area contributed by atoms with Gasteiger partial charge in [0.25, 0.3) is 0 Å². The zero-order chi connectivity index (χ0) is 11.5. The van der Waals surface area contributed by atoms with Crippen molar-refractivity contribution in [2.75, 3.05) is 12.8 Å². The molecule has 1 aliphatic carbocycles. The van der Waals surface area contributed by atoms with Crippen molar-refractivity contribution in [3.63, 3.8) is 0 Å². The number of hydrogen-bond donors (Lipinski definition) is 1. The minimum Gasteiger partial charge on any atom is -0.469 e. The Kier molecular flexibility index (Phi) is 3.38. The number of esters is 1. The molecule has 1 aliphatic rings. The largest absolute Gasteiger partial charge is 0.469 e. The Labute approximate surface area is 98.0 Å². The highest BCUT2D eigenvalue weighted by atomic mass is 32.1.